The van der Waals surface area contributed by atoms with Crippen LogP contribution in [0.2, 0.25) is 0 Å². The summed E-state index contributed by atoms with van der Waals surface area (Å²) in [5.41, 5.74) is 0. The Morgan fingerprint density at radius 2 is 2.36 bits per heavy atom. The minimum absolute atomic E-state index is 0.409. The highest BCUT2D eigenvalue weighted by Crippen LogP contribution is 2.32. The van der Waals surface area contributed by atoms with E-state index in [2.05, 4.69) is 24.2 Å². The Balaban J connectivity index is 1.61. The molecule has 2 fully saturated rings. The molecule has 3 nitrogen and oxygen atoms in total. The minimum atomic E-state index is 0.409. The molecule has 2 aliphatic rings. The van der Waals surface area contributed by atoms with E-state index in [9.17, 15) is 0 Å². The summed E-state index contributed by atoms with van der Waals surface area (Å²) in [6.45, 7) is 6.36. The molecule has 1 heterocycles. The van der Waals surface area contributed by atoms with Gasteiger partial charge < -0.3 is 15.0 Å². The number of morpholine rings is 1. The Hall–Kier alpha value is -0.120. The van der Waals surface area contributed by atoms with Gasteiger partial charge in [-0.3, -0.25) is 0 Å². The standard InChI is InChI=1S/C11H22N2O/c1-3-9-6-11(9)12-7-10-8-13(2)4-5-14-10/h9-12H,3-8H2,1-2H3. The quantitative estimate of drug-likeness (QED) is 0.720. The fourth-order valence-corrected chi connectivity index (χ4v) is 2.22. The van der Waals surface area contributed by atoms with Crippen molar-refractivity contribution in [1.29, 1.82) is 0 Å². The Morgan fingerprint density at radius 3 is 3.00 bits per heavy atom. The Bertz CT molecular complexity index is 186. The normalized spacial score (nSPS) is 38.6. The van der Waals surface area contributed by atoms with Crippen LogP contribution in [0.4, 0.5) is 0 Å². The van der Waals surface area contributed by atoms with E-state index in [4.69, 9.17) is 4.74 Å². The summed E-state index contributed by atoms with van der Waals surface area (Å²) in [4.78, 5) is 2.35. The third-order valence-electron chi connectivity index (χ3n) is 3.40. The second-order valence-electron chi connectivity index (χ2n) is 4.67. The molecule has 0 spiro atoms. The molecule has 0 aromatic rings. The zero-order valence-corrected chi connectivity index (χ0v) is 9.33. The average Bonchev–Trinajstić information content (AvgIpc) is 2.93. The van der Waals surface area contributed by atoms with Crippen LogP contribution in [-0.2, 0) is 4.74 Å². The first-order valence-electron chi connectivity index (χ1n) is 5.83. The van der Waals surface area contributed by atoms with E-state index >= 15 is 0 Å². The van der Waals surface area contributed by atoms with E-state index in [1.165, 1.54) is 12.8 Å². The van der Waals surface area contributed by atoms with Gasteiger partial charge in [0.1, 0.15) is 0 Å². The minimum Gasteiger partial charge on any atom is -0.374 e. The molecule has 1 aliphatic carbocycles. The van der Waals surface area contributed by atoms with Crippen LogP contribution >= 0.6 is 0 Å². The molecule has 1 saturated carbocycles. The molecule has 1 aliphatic heterocycles. The summed E-state index contributed by atoms with van der Waals surface area (Å²) in [6, 6.07) is 0.788. The van der Waals surface area contributed by atoms with Crippen LogP contribution in [0.25, 0.3) is 0 Å². The Labute approximate surface area is 86.8 Å². The summed E-state index contributed by atoms with van der Waals surface area (Å²) in [6.07, 6.45) is 3.11. The van der Waals surface area contributed by atoms with Crippen LogP contribution in [0.1, 0.15) is 19.8 Å². The van der Waals surface area contributed by atoms with Gasteiger partial charge in [-0.15, -0.1) is 0 Å². The maximum atomic E-state index is 5.69. The van der Waals surface area contributed by atoms with Gasteiger partial charge in [0.15, 0.2) is 0 Å². The summed E-state index contributed by atoms with van der Waals surface area (Å²) in [5.74, 6) is 0.941. The summed E-state index contributed by atoms with van der Waals surface area (Å²) < 4.78 is 5.69. The van der Waals surface area contributed by atoms with Crippen LogP contribution in [0.3, 0.4) is 0 Å². The molecule has 0 bridgehead atoms. The Kier molecular flexibility index (Phi) is 3.42. The molecule has 3 heteroatoms. The molecule has 0 aromatic heterocycles. The fourth-order valence-electron chi connectivity index (χ4n) is 2.22. The molecule has 0 amide bonds. The van der Waals surface area contributed by atoms with Gasteiger partial charge in [-0.05, 0) is 19.4 Å². The molecule has 1 N–H and O–H groups in total. The first-order valence-corrected chi connectivity index (χ1v) is 5.83. The molecule has 3 unspecified atom stereocenters. The molecule has 1 saturated heterocycles. The molecule has 0 radical (unpaired) electrons. The average molecular weight is 198 g/mol. The maximum absolute atomic E-state index is 5.69. The number of rotatable bonds is 4. The van der Waals surface area contributed by atoms with E-state index in [0.717, 1.165) is 38.2 Å². The van der Waals surface area contributed by atoms with Crippen molar-refractivity contribution in [3.8, 4) is 0 Å². The van der Waals surface area contributed by atoms with Gasteiger partial charge in [0, 0.05) is 25.7 Å². The van der Waals surface area contributed by atoms with Crippen LogP contribution in [0.15, 0.2) is 0 Å². The van der Waals surface area contributed by atoms with Crippen molar-refractivity contribution in [2.75, 3.05) is 33.3 Å². The van der Waals surface area contributed by atoms with Gasteiger partial charge in [0.05, 0.1) is 12.7 Å². The number of ether oxygens (including phenoxy) is 1. The molecule has 3 atom stereocenters. The highest BCUT2D eigenvalue weighted by Gasteiger charge is 2.35. The molecule has 2 rings (SSSR count). The van der Waals surface area contributed by atoms with E-state index in [1.807, 2.05) is 0 Å². The predicted octanol–water partition coefficient (Wildman–Crippen LogP) is 0.705. The summed E-state index contributed by atoms with van der Waals surface area (Å²) in [7, 11) is 2.17. The van der Waals surface area contributed by atoms with Gasteiger partial charge in [-0.25, -0.2) is 0 Å². The summed E-state index contributed by atoms with van der Waals surface area (Å²) in [5, 5.41) is 3.60. The van der Waals surface area contributed by atoms with Crippen molar-refractivity contribution in [1.82, 2.24) is 10.2 Å². The topological polar surface area (TPSA) is 24.5 Å². The first-order chi connectivity index (χ1) is 6.79. The highest BCUT2D eigenvalue weighted by atomic mass is 16.5. The number of hydrogen-bond acceptors (Lipinski definition) is 3. The van der Waals surface area contributed by atoms with Crippen molar-refractivity contribution in [2.45, 2.75) is 31.9 Å². The first kappa shape index (κ1) is 10.4. The van der Waals surface area contributed by atoms with Crippen molar-refractivity contribution in [3.63, 3.8) is 0 Å². The Morgan fingerprint density at radius 1 is 1.50 bits per heavy atom. The highest BCUT2D eigenvalue weighted by molar-refractivity contribution is 4.92. The van der Waals surface area contributed by atoms with E-state index < -0.39 is 0 Å². The summed E-state index contributed by atoms with van der Waals surface area (Å²) >= 11 is 0. The second-order valence-corrected chi connectivity index (χ2v) is 4.67. The zero-order valence-electron chi connectivity index (χ0n) is 9.33. The van der Waals surface area contributed by atoms with Gasteiger partial charge in [0.25, 0.3) is 0 Å². The molecule has 82 valence electrons. The third kappa shape index (κ3) is 2.69. The fraction of sp³-hybridized carbons (Fsp3) is 1.00. The monoisotopic (exact) mass is 198 g/mol. The lowest BCUT2D eigenvalue weighted by Gasteiger charge is -2.30. The molecular formula is C11H22N2O. The predicted molar refractivity (Wildman–Crippen MR) is 57.4 cm³/mol. The van der Waals surface area contributed by atoms with Gasteiger partial charge in [0.2, 0.25) is 0 Å². The van der Waals surface area contributed by atoms with Crippen LogP contribution in [0, 0.1) is 5.92 Å². The van der Waals surface area contributed by atoms with Crippen molar-refractivity contribution >= 4 is 0 Å². The number of likely N-dealkylation sites (N-methyl/N-ethyl adjacent to an activating group) is 1. The third-order valence-corrected chi connectivity index (χ3v) is 3.40. The van der Waals surface area contributed by atoms with Crippen LogP contribution in [0.5, 0.6) is 0 Å². The van der Waals surface area contributed by atoms with Gasteiger partial charge >= 0.3 is 0 Å². The van der Waals surface area contributed by atoms with E-state index in [-0.39, 0.29) is 0 Å². The largest absolute Gasteiger partial charge is 0.374 e. The van der Waals surface area contributed by atoms with Gasteiger partial charge in [-0.2, -0.15) is 0 Å². The van der Waals surface area contributed by atoms with Crippen LogP contribution in [-0.4, -0.2) is 50.3 Å². The smallest absolute Gasteiger partial charge is 0.0826 e. The van der Waals surface area contributed by atoms with Crippen LogP contribution < -0.4 is 5.32 Å². The number of nitrogens with one attached hydrogen (secondary N) is 1. The SMILES string of the molecule is CCC1CC1NCC1CN(C)CCO1. The van der Waals surface area contributed by atoms with Crippen molar-refractivity contribution in [3.05, 3.63) is 0 Å². The van der Waals surface area contributed by atoms with Crippen molar-refractivity contribution in [2.24, 2.45) is 5.92 Å². The van der Waals surface area contributed by atoms with Gasteiger partial charge in [-0.1, -0.05) is 13.3 Å². The lowest BCUT2D eigenvalue weighted by Crippen LogP contribution is -2.45. The zero-order chi connectivity index (χ0) is 9.97. The second kappa shape index (κ2) is 4.60. The number of hydrogen-bond donors (Lipinski definition) is 1. The maximum Gasteiger partial charge on any atom is 0.0826 e. The molecule has 14 heavy (non-hydrogen) atoms. The molecule has 0 aromatic carbocycles. The lowest BCUT2D eigenvalue weighted by atomic mass is 10.2. The lowest BCUT2D eigenvalue weighted by molar-refractivity contribution is -0.0183. The molecular weight excluding hydrogens is 176 g/mol. The number of nitrogens with zero attached hydrogens (tertiary/aromatic N) is 1. The van der Waals surface area contributed by atoms with E-state index in [0.29, 0.717) is 6.10 Å². The van der Waals surface area contributed by atoms with E-state index in [1.54, 1.807) is 0 Å². The van der Waals surface area contributed by atoms with Crippen molar-refractivity contribution < 1.29 is 4.74 Å².